The zero-order chi connectivity index (χ0) is 28.9. The Morgan fingerprint density at radius 1 is 1.10 bits per heavy atom. The molecule has 4 aromatic rings. The van der Waals surface area contributed by atoms with Crippen LogP contribution in [0.3, 0.4) is 0 Å². The lowest BCUT2D eigenvalue weighted by Gasteiger charge is -2.11. The number of carboxylic acids is 1. The highest BCUT2D eigenvalue weighted by atomic mass is 19.4. The molecule has 4 rings (SSSR count). The van der Waals surface area contributed by atoms with Gasteiger partial charge in [-0.05, 0) is 37.6 Å². The number of benzene rings is 1. The van der Waals surface area contributed by atoms with Gasteiger partial charge in [0, 0.05) is 23.4 Å². The Bertz CT molecular complexity index is 1480. The number of rotatable bonds is 7. The van der Waals surface area contributed by atoms with Crippen LogP contribution in [0.1, 0.15) is 23.2 Å². The van der Waals surface area contributed by atoms with Crippen LogP contribution in [0.15, 0.2) is 42.7 Å². The molecule has 14 heteroatoms. The number of hydrogen-bond donors (Lipinski definition) is 1. The molecule has 0 radical (unpaired) electrons. The second-order valence-electron chi connectivity index (χ2n) is 8.24. The van der Waals surface area contributed by atoms with Gasteiger partial charge in [0.05, 0.1) is 43.0 Å². The number of ether oxygens (including phenoxy) is 2. The van der Waals surface area contributed by atoms with Crippen LogP contribution in [-0.4, -0.2) is 49.7 Å². The molecule has 1 aromatic carbocycles. The van der Waals surface area contributed by atoms with E-state index < -0.39 is 23.8 Å². The minimum absolute atomic E-state index is 0.141. The normalized spacial score (nSPS) is 11.2. The van der Waals surface area contributed by atoms with Crippen molar-refractivity contribution in [2.75, 3.05) is 7.11 Å². The molecule has 0 aliphatic carbocycles. The van der Waals surface area contributed by atoms with Gasteiger partial charge in [-0.2, -0.15) is 23.4 Å². The lowest BCUT2D eigenvalue weighted by Crippen LogP contribution is -2.21. The first-order valence-electron chi connectivity index (χ1n) is 11.3. The lowest BCUT2D eigenvalue weighted by molar-refractivity contribution is -0.192. The van der Waals surface area contributed by atoms with Crippen molar-refractivity contribution in [2.45, 2.75) is 39.6 Å². The third kappa shape index (κ3) is 7.09. The fourth-order valence-electron chi connectivity index (χ4n) is 3.56. The molecule has 39 heavy (non-hydrogen) atoms. The van der Waals surface area contributed by atoms with Crippen LogP contribution in [0.25, 0.3) is 16.6 Å². The van der Waals surface area contributed by atoms with Gasteiger partial charge in [-0.3, -0.25) is 9.48 Å². The van der Waals surface area contributed by atoms with Crippen molar-refractivity contribution in [3.8, 4) is 17.0 Å². The Kier molecular flexibility index (Phi) is 8.89. The third-order valence-corrected chi connectivity index (χ3v) is 5.38. The van der Waals surface area contributed by atoms with Gasteiger partial charge in [0.1, 0.15) is 18.2 Å². The van der Waals surface area contributed by atoms with Crippen molar-refractivity contribution in [2.24, 2.45) is 0 Å². The highest BCUT2D eigenvalue weighted by molar-refractivity contribution is 5.82. The summed E-state index contributed by atoms with van der Waals surface area (Å²) in [4.78, 5) is 20.3. The molecule has 0 saturated heterocycles. The van der Waals surface area contributed by atoms with Gasteiger partial charge >= 0.3 is 18.1 Å². The van der Waals surface area contributed by atoms with Crippen LogP contribution < -0.4 is 4.74 Å². The summed E-state index contributed by atoms with van der Waals surface area (Å²) in [5.41, 5.74) is 3.97. The number of methoxy groups -OCH3 is 1. The quantitative estimate of drug-likeness (QED) is 0.257. The summed E-state index contributed by atoms with van der Waals surface area (Å²) >= 11 is 0. The number of carbonyl (C=O) groups excluding carboxylic acids is 1. The van der Waals surface area contributed by atoms with E-state index in [1.807, 2.05) is 26.1 Å². The van der Waals surface area contributed by atoms with E-state index in [9.17, 15) is 26.7 Å². The number of esters is 1. The van der Waals surface area contributed by atoms with Gasteiger partial charge in [0.15, 0.2) is 0 Å². The van der Waals surface area contributed by atoms with Crippen LogP contribution in [0.5, 0.6) is 5.88 Å². The van der Waals surface area contributed by atoms with Crippen LogP contribution in [0.4, 0.5) is 22.0 Å². The predicted octanol–water partition coefficient (Wildman–Crippen LogP) is 4.87. The molecule has 208 valence electrons. The molecule has 0 amide bonds. The van der Waals surface area contributed by atoms with Crippen molar-refractivity contribution in [3.63, 3.8) is 0 Å². The van der Waals surface area contributed by atoms with Crippen molar-refractivity contribution in [1.29, 1.82) is 0 Å². The Balaban J connectivity index is 0.000000532. The molecule has 0 unspecified atom stereocenters. The first-order chi connectivity index (χ1) is 18.3. The van der Waals surface area contributed by atoms with Crippen molar-refractivity contribution in [1.82, 2.24) is 19.4 Å². The molecule has 0 fully saturated rings. The summed E-state index contributed by atoms with van der Waals surface area (Å²) in [7, 11) is 1.35. The summed E-state index contributed by atoms with van der Waals surface area (Å²) in [5.74, 6) is -4.02. The molecular weight excluding hydrogens is 531 g/mol. The molecule has 0 aliphatic rings. The monoisotopic (exact) mass is 554 g/mol. The van der Waals surface area contributed by atoms with Gasteiger partial charge in [-0.1, -0.05) is 6.07 Å². The molecule has 0 atom stereocenters. The Hall–Kier alpha value is -4.49. The maximum atomic E-state index is 14.0. The van der Waals surface area contributed by atoms with E-state index in [0.29, 0.717) is 12.4 Å². The predicted molar refractivity (Wildman–Crippen MR) is 127 cm³/mol. The molecule has 0 spiro atoms. The number of nitrogens with zero attached hydrogens (tertiary/aromatic N) is 4. The van der Waals surface area contributed by atoms with Crippen LogP contribution in [-0.2, 0) is 27.5 Å². The number of halogens is 5. The minimum atomic E-state index is -5.08. The zero-order valence-electron chi connectivity index (χ0n) is 20.9. The highest BCUT2D eigenvalue weighted by Crippen LogP contribution is 2.32. The lowest BCUT2D eigenvalue weighted by atomic mass is 10.1. The summed E-state index contributed by atoms with van der Waals surface area (Å²) in [6.45, 7) is 3.90. The summed E-state index contributed by atoms with van der Waals surface area (Å²) in [5, 5.41) is 16.0. The van der Waals surface area contributed by atoms with E-state index in [2.05, 4.69) is 14.9 Å². The van der Waals surface area contributed by atoms with Crippen LogP contribution in [0, 0.1) is 25.5 Å². The molecule has 3 heterocycles. The van der Waals surface area contributed by atoms with Crippen LogP contribution >= 0.6 is 0 Å². The SMILES string of the molecule is COC(=O)CCn1cc(-c2c(C)nn3c(OCc4c(F)cccc4F)cc(C)cc23)cn1.O=C(O)C(F)(F)F. The molecule has 3 aromatic heterocycles. The molecule has 0 saturated carbocycles. The van der Waals surface area contributed by atoms with Crippen molar-refractivity contribution < 1.29 is 46.1 Å². The summed E-state index contributed by atoms with van der Waals surface area (Å²) in [6, 6.07) is 7.43. The largest absolute Gasteiger partial charge is 0.490 e. The number of alkyl halides is 3. The topological polar surface area (TPSA) is 108 Å². The van der Waals surface area contributed by atoms with E-state index in [0.717, 1.165) is 27.9 Å². The Morgan fingerprint density at radius 2 is 1.74 bits per heavy atom. The van der Waals surface area contributed by atoms with Crippen LogP contribution in [0.2, 0.25) is 0 Å². The van der Waals surface area contributed by atoms with Crippen molar-refractivity contribution in [3.05, 3.63) is 71.2 Å². The van der Waals surface area contributed by atoms with Gasteiger partial charge in [0.25, 0.3) is 0 Å². The second-order valence-corrected chi connectivity index (χ2v) is 8.24. The second kappa shape index (κ2) is 11.9. The number of aromatic nitrogens is 4. The minimum Gasteiger partial charge on any atom is -0.475 e. The number of hydrogen-bond acceptors (Lipinski definition) is 6. The maximum Gasteiger partial charge on any atom is 0.490 e. The molecule has 0 aliphatic heterocycles. The fraction of sp³-hybridized carbons (Fsp3) is 0.280. The number of aryl methyl sites for hydroxylation is 3. The number of fused-ring (bicyclic) bond motifs is 1. The Morgan fingerprint density at radius 3 is 2.33 bits per heavy atom. The standard InChI is InChI=1S/C23H22F2N4O3.C2HF3O2/c1-14-9-20-23(16-11-26-28(12-16)8-7-22(30)31-3)15(2)27-29(20)21(10-14)32-13-17-18(24)5-4-6-19(17)25;3-2(4,5)1(6)7/h4-6,9-12H,7-8,13H2,1-3H3;(H,6,7). The zero-order valence-corrected chi connectivity index (χ0v) is 20.9. The average molecular weight is 554 g/mol. The first-order valence-corrected chi connectivity index (χ1v) is 11.3. The van der Waals surface area contributed by atoms with E-state index >= 15 is 0 Å². The first kappa shape index (κ1) is 29.1. The molecular formula is C25H23F5N4O5. The van der Waals surface area contributed by atoms with E-state index in [1.165, 1.54) is 25.3 Å². The number of carbonyl (C=O) groups is 2. The fourth-order valence-corrected chi connectivity index (χ4v) is 3.56. The van der Waals surface area contributed by atoms with E-state index in [4.69, 9.17) is 14.6 Å². The van der Waals surface area contributed by atoms with Gasteiger partial charge < -0.3 is 14.6 Å². The summed E-state index contributed by atoms with van der Waals surface area (Å²) in [6.07, 6.45) is -1.32. The third-order valence-electron chi connectivity index (χ3n) is 5.38. The highest BCUT2D eigenvalue weighted by Gasteiger charge is 2.38. The number of aliphatic carboxylic acids is 1. The Labute approximate surface area is 218 Å². The molecule has 1 N–H and O–H groups in total. The average Bonchev–Trinajstić information content (AvgIpc) is 3.45. The van der Waals surface area contributed by atoms with Crippen molar-refractivity contribution >= 4 is 17.5 Å². The van der Waals surface area contributed by atoms with Gasteiger partial charge in [-0.25, -0.2) is 18.1 Å². The number of carboxylic acid groups (broad SMARTS) is 1. The van der Waals surface area contributed by atoms with Gasteiger partial charge in [0.2, 0.25) is 5.88 Å². The smallest absolute Gasteiger partial charge is 0.475 e. The number of pyridine rings is 1. The van der Waals surface area contributed by atoms with Gasteiger partial charge in [-0.15, -0.1) is 0 Å². The molecule has 0 bridgehead atoms. The maximum absolute atomic E-state index is 14.0. The summed E-state index contributed by atoms with van der Waals surface area (Å²) < 4.78 is 73.5. The molecule has 9 nitrogen and oxygen atoms in total. The van der Waals surface area contributed by atoms with E-state index in [-0.39, 0.29) is 24.6 Å². The van der Waals surface area contributed by atoms with E-state index in [1.54, 1.807) is 21.5 Å².